The summed E-state index contributed by atoms with van der Waals surface area (Å²) < 4.78 is 1.19. The predicted molar refractivity (Wildman–Crippen MR) is 60.6 cm³/mol. The second-order valence-electron chi connectivity index (χ2n) is 3.06. The minimum atomic E-state index is 0.375. The second kappa shape index (κ2) is 3.95. The van der Waals surface area contributed by atoms with Crippen molar-refractivity contribution in [2.24, 2.45) is 0 Å². The predicted octanol–water partition coefficient (Wildman–Crippen LogP) is 2.03. The number of benzene rings is 2. The Labute approximate surface area is 89.3 Å². The molecule has 2 heteroatoms. The monoisotopic (exact) mass is 250 g/mol. The molecule has 0 aliphatic rings. The van der Waals surface area contributed by atoms with Gasteiger partial charge in [-0.3, -0.25) is 0 Å². The van der Waals surface area contributed by atoms with Crippen molar-refractivity contribution in [1.82, 2.24) is 0 Å². The third-order valence-electron chi connectivity index (χ3n) is 2.23. The zero-order valence-electron chi connectivity index (χ0n) is 7.86. The SMILES string of the molecule is C[Se]c1cc2ccccc2cc1C=O. The van der Waals surface area contributed by atoms with Gasteiger partial charge in [0.2, 0.25) is 0 Å². The Morgan fingerprint density at radius 3 is 2.36 bits per heavy atom. The van der Waals surface area contributed by atoms with Crippen LogP contribution in [0.3, 0.4) is 0 Å². The molecule has 70 valence electrons. The summed E-state index contributed by atoms with van der Waals surface area (Å²) in [5, 5.41) is 2.36. The molecule has 0 saturated heterocycles. The van der Waals surface area contributed by atoms with Crippen LogP contribution in [-0.2, 0) is 0 Å². The van der Waals surface area contributed by atoms with Gasteiger partial charge in [0.15, 0.2) is 0 Å². The summed E-state index contributed by atoms with van der Waals surface area (Å²) in [6, 6.07) is 12.2. The third kappa shape index (κ3) is 1.59. The summed E-state index contributed by atoms with van der Waals surface area (Å²) in [5.41, 5.74) is 0.839. The fourth-order valence-electron chi connectivity index (χ4n) is 1.51. The summed E-state index contributed by atoms with van der Waals surface area (Å²) in [7, 11) is 0. The number of rotatable bonds is 2. The van der Waals surface area contributed by atoms with Gasteiger partial charge in [-0.1, -0.05) is 0 Å². The van der Waals surface area contributed by atoms with Gasteiger partial charge in [-0.15, -0.1) is 0 Å². The summed E-state index contributed by atoms with van der Waals surface area (Å²) in [5.74, 6) is 2.13. The zero-order chi connectivity index (χ0) is 9.97. The van der Waals surface area contributed by atoms with E-state index in [-0.39, 0.29) is 0 Å². The maximum absolute atomic E-state index is 10.8. The molecule has 0 fully saturated rings. The molecule has 0 atom stereocenters. The molecular formula is C12H10OSe. The van der Waals surface area contributed by atoms with Gasteiger partial charge in [0, 0.05) is 0 Å². The Balaban J connectivity index is 2.75. The average Bonchev–Trinajstić information content (AvgIpc) is 2.27. The molecule has 0 radical (unpaired) electrons. The van der Waals surface area contributed by atoms with Crippen molar-refractivity contribution in [1.29, 1.82) is 0 Å². The molecule has 2 aromatic rings. The van der Waals surface area contributed by atoms with Crippen molar-refractivity contribution in [3.05, 3.63) is 42.0 Å². The average molecular weight is 249 g/mol. The van der Waals surface area contributed by atoms with Crippen molar-refractivity contribution < 1.29 is 4.79 Å². The molecule has 0 unspecified atom stereocenters. The van der Waals surface area contributed by atoms with Gasteiger partial charge in [0.25, 0.3) is 0 Å². The first-order valence-corrected chi connectivity index (χ1v) is 6.94. The van der Waals surface area contributed by atoms with Crippen LogP contribution < -0.4 is 4.46 Å². The third-order valence-corrected chi connectivity index (χ3v) is 3.89. The molecule has 0 aliphatic carbocycles. The van der Waals surface area contributed by atoms with Crippen molar-refractivity contribution in [2.45, 2.75) is 5.82 Å². The first-order valence-electron chi connectivity index (χ1n) is 4.37. The van der Waals surface area contributed by atoms with Gasteiger partial charge >= 0.3 is 89.1 Å². The van der Waals surface area contributed by atoms with Crippen LogP contribution in [0.4, 0.5) is 0 Å². The summed E-state index contributed by atoms with van der Waals surface area (Å²) in [4.78, 5) is 10.8. The standard InChI is InChI=1S/C12H10OSe/c1-14-12-7-10-5-3-2-4-9(10)6-11(12)8-13/h2-8H,1H3. The Bertz CT molecular complexity index is 477. The van der Waals surface area contributed by atoms with Gasteiger partial charge in [-0.05, 0) is 0 Å². The van der Waals surface area contributed by atoms with E-state index in [0.717, 1.165) is 17.2 Å². The van der Waals surface area contributed by atoms with Gasteiger partial charge in [-0.2, -0.15) is 0 Å². The minimum absolute atomic E-state index is 0.375. The summed E-state index contributed by atoms with van der Waals surface area (Å²) in [6.07, 6.45) is 0.951. The van der Waals surface area contributed by atoms with E-state index in [4.69, 9.17) is 0 Å². The van der Waals surface area contributed by atoms with Crippen molar-refractivity contribution in [3.8, 4) is 0 Å². The van der Waals surface area contributed by atoms with Crippen LogP contribution in [0.1, 0.15) is 10.4 Å². The summed E-state index contributed by atoms with van der Waals surface area (Å²) in [6.45, 7) is 0. The van der Waals surface area contributed by atoms with Crippen LogP contribution >= 0.6 is 0 Å². The molecule has 0 aromatic heterocycles. The quantitative estimate of drug-likeness (QED) is 0.588. The normalized spacial score (nSPS) is 10.4. The van der Waals surface area contributed by atoms with Crippen LogP contribution in [0.25, 0.3) is 10.8 Å². The number of fused-ring (bicyclic) bond motifs is 1. The van der Waals surface area contributed by atoms with Gasteiger partial charge in [0.05, 0.1) is 0 Å². The second-order valence-corrected chi connectivity index (χ2v) is 4.84. The number of carbonyl (C=O) groups excluding carboxylic acids is 1. The van der Waals surface area contributed by atoms with Crippen molar-refractivity contribution in [2.75, 3.05) is 0 Å². The molecule has 0 aliphatic heterocycles. The first kappa shape index (κ1) is 9.44. The van der Waals surface area contributed by atoms with Crippen molar-refractivity contribution in [3.63, 3.8) is 0 Å². The van der Waals surface area contributed by atoms with Crippen molar-refractivity contribution >= 4 is 36.5 Å². The Hall–Kier alpha value is -1.11. The van der Waals surface area contributed by atoms with Gasteiger partial charge < -0.3 is 0 Å². The molecule has 0 saturated carbocycles. The van der Waals surface area contributed by atoms with E-state index in [1.807, 2.05) is 24.3 Å². The number of aldehydes is 1. The van der Waals surface area contributed by atoms with E-state index in [1.54, 1.807) is 0 Å². The molecule has 0 N–H and O–H groups in total. The topological polar surface area (TPSA) is 17.1 Å². The molecule has 0 heterocycles. The maximum atomic E-state index is 10.8. The van der Waals surface area contributed by atoms with E-state index < -0.39 is 0 Å². The molecule has 2 rings (SSSR count). The van der Waals surface area contributed by atoms with Crippen LogP contribution in [0.15, 0.2) is 36.4 Å². The van der Waals surface area contributed by atoms with Crippen LogP contribution in [-0.4, -0.2) is 21.2 Å². The molecule has 1 nitrogen and oxygen atoms in total. The molecule has 0 spiro atoms. The molecule has 0 bridgehead atoms. The Kier molecular flexibility index (Phi) is 2.67. The molecular weight excluding hydrogens is 239 g/mol. The fraction of sp³-hybridized carbons (Fsp3) is 0.0833. The van der Waals surface area contributed by atoms with E-state index in [1.165, 1.54) is 9.85 Å². The van der Waals surface area contributed by atoms with Gasteiger partial charge in [0.1, 0.15) is 0 Å². The molecule has 14 heavy (non-hydrogen) atoms. The first-order chi connectivity index (χ1) is 6.85. The van der Waals surface area contributed by atoms with Gasteiger partial charge in [-0.25, -0.2) is 0 Å². The zero-order valence-corrected chi connectivity index (χ0v) is 9.57. The fourth-order valence-corrected chi connectivity index (χ4v) is 2.74. The number of hydrogen-bond donors (Lipinski definition) is 0. The van der Waals surface area contributed by atoms with Crippen LogP contribution in [0.5, 0.6) is 0 Å². The number of hydrogen-bond acceptors (Lipinski definition) is 1. The molecule has 2 aromatic carbocycles. The Morgan fingerprint density at radius 1 is 1.14 bits per heavy atom. The Morgan fingerprint density at radius 2 is 1.79 bits per heavy atom. The van der Waals surface area contributed by atoms with E-state index in [9.17, 15) is 4.79 Å². The van der Waals surface area contributed by atoms with Crippen LogP contribution in [0, 0.1) is 0 Å². The number of carbonyl (C=O) groups is 1. The molecule has 0 amide bonds. The van der Waals surface area contributed by atoms with E-state index >= 15 is 0 Å². The van der Waals surface area contributed by atoms with E-state index in [2.05, 4.69) is 18.0 Å². The van der Waals surface area contributed by atoms with Crippen LogP contribution in [0.2, 0.25) is 5.82 Å². The summed E-state index contributed by atoms with van der Waals surface area (Å²) >= 11 is 0.375. The van der Waals surface area contributed by atoms with E-state index in [0.29, 0.717) is 15.0 Å².